The van der Waals surface area contributed by atoms with Gasteiger partial charge in [0.25, 0.3) is 5.91 Å². The molecule has 0 radical (unpaired) electrons. The van der Waals surface area contributed by atoms with Gasteiger partial charge < -0.3 is 15.8 Å². The lowest BCUT2D eigenvalue weighted by Crippen LogP contribution is -2.26. The number of nitrogen functional groups attached to an aromatic ring is 1. The third-order valence-corrected chi connectivity index (χ3v) is 2.99. The molecule has 7 heteroatoms. The topological polar surface area (TPSA) is 90.1 Å². The number of ether oxygens (including phenoxy) is 1. The van der Waals surface area contributed by atoms with E-state index in [1.165, 1.54) is 12.3 Å². The number of hydrogen-bond acceptors (Lipinski definition) is 5. The van der Waals surface area contributed by atoms with Crippen molar-refractivity contribution in [2.24, 2.45) is 0 Å². The van der Waals surface area contributed by atoms with E-state index in [2.05, 4.69) is 15.3 Å². The van der Waals surface area contributed by atoms with Crippen LogP contribution in [-0.4, -0.2) is 36.1 Å². The van der Waals surface area contributed by atoms with Gasteiger partial charge in [0.1, 0.15) is 11.6 Å². The molecule has 2 aromatic rings. The third-order valence-electron chi connectivity index (χ3n) is 2.99. The molecule has 0 spiro atoms. The smallest absolute Gasteiger partial charge is 0.256 e. The summed E-state index contributed by atoms with van der Waals surface area (Å²) in [6.45, 7) is 1.01. The predicted molar refractivity (Wildman–Crippen MR) is 80.7 cm³/mol. The number of methoxy groups -OCH3 is 1. The quantitative estimate of drug-likeness (QED) is 0.792. The molecule has 0 unspecified atom stereocenters. The summed E-state index contributed by atoms with van der Waals surface area (Å²) in [6.07, 6.45) is 1.99. The van der Waals surface area contributed by atoms with E-state index in [0.717, 1.165) is 0 Å². The number of nitrogens with two attached hydrogens (primary N) is 1. The zero-order chi connectivity index (χ0) is 15.9. The van der Waals surface area contributed by atoms with E-state index in [9.17, 15) is 9.18 Å². The first-order chi connectivity index (χ1) is 10.6. The Bertz CT molecular complexity index is 664. The van der Waals surface area contributed by atoms with Crippen molar-refractivity contribution in [1.29, 1.82) is 0 Å². The molecule has 0 saturated heterocycles. The zero-order valence-corrected chi connectivity index (χ0v) is 12.2. The van der Waals surface area contributed by atoms with Crippen LogP contribution >= 0.6 is 0 Å². The van der Waals surface area contributed by atoms with Crippen LogP contribution in [0.5, 0.6) is 0 Å². The standard InChI is InChI=1S/C15H17FN4O2/c1-22-8-4-7-18-15(21)11-9-19-14(20-13(11)17)10-5-2-3-6-12(10)16/h2-3,5-6,9H,4,7-8H2,1H3,(H,18,21)(H2,17,19,20). The first kappa shape index (κ1) is 15.8. The highest BCUT2D eigenvalue weighted by atomic mass is 19.1. The second kappa shape index (κ2) is 7.46. The summed E-state index contributed by atoms with van der Waals surface area (Å²) in [5, 5.41) is 2.69. The van der Waals surface area contributed by atoms with Crippen molar-refractivity contribution in [3.8, 4) is 11.4 Å². The van der Waals surface area contributed by atoms with Crippen molar-refractivity contribution in [2.75, 3.05) is 26.0 Å². The van der Waals surface area contributed by atoms with Crippen molar-refractivity contribution < 1.29 is 13.9 Å². The molecule has 0 aliphatic heterocycles. The Morgan fingerprint density at radius 3 is 2.86 bits per heavy atom. The molecule has 22 heavy (non-hydrogen) atoms. The largest absolute Gasteiger partial charge is 0.385 e. The number of anilines is 1. The van der Waals surface area contributed by atoms with Gasteiger partial charge in [-0.05, 0) is 18.6 Å². The normalized spacial score (nSPS) is 10.5. The number of halogens is 1. The lowest BCUT2D eigenvalue weighted by Gasteiger charge is -2.08. The van der Waals surface area contributed by atoms with Gasteiger partial charge in [-0.3, -0.25) is 4.79 Å². The highest BCUT2D eigenvalue weighted by Crippen LogP contribution is 2.20. The van der Waals surface area contributed by atoms with Gasteiger partial charge in [0, 0.05) is 26.5 Å². The van der Waals surface area contributed by atoms with Gasteiger partial charge in [0.15, 0.2) is 5.82 Å². The number of benzene rings is 1. The predicted octanol–water partition coefficient (Wildman–Crippen LogP) is 1.63. The Kier molecular flexibility index (Phi) is 5.37. The van der Waals surface area contributed by atoms with Gasteiger partial charge in [-0.1, -0.05) is 12.1 Å². The number of amides is 1. The number of carbonyl (C=O) groups is 1. The van der Waals surface area contributed by atoms with Crippen LogP contribution in [0.2, 0.25) is 0 Å². The Labute approximate surface area is 127 Å². The molecule has 3 N–H and O–H groups in total. The van der Waals surface area contributed by atoms with Crippen LogP contribution < -0.4 is 11.1 Å². The van der Waals surface area contributed by atoms with Crippen molar-refractivity contribution in [3.63, 3.8) is 0 Å². The second-order valence-corrected chi connectivity index (χ2v) is 4.57. The lowest BCUT2D eigenvalue weighted by molar-refractivity contribution is 0.0949. The summed E-state index contributed by atoms with van der Waals surface area (Å²) in [5.74, 6) is -0.656. The average molecular weight is 304 g/mol. The van der Waals surface area contributed by atoms with E-state index in [1.807, 2.05) is 0 Å². The molecule has 1 heterocycles. The van der Waals surface area contributed by atoms with Gasteiger partial charge in [-0.15, -0.1) is 0 Å². The first-order valence-corrected chi connectivity index (χ1v) is 6.78. The molecular formula is C15H17FN4O2. The number of aromatic nitrogens is 2. The van der Waals surface area contributed by atoms with E-state index < -0.39 is 5.82 Å². The molecule has 0 fully saturated rings. The fourth-order valence-corrected chi connectivity index (χ4v) is 1.86. The van der Waals surface area contributed by atoms with E-state index in [4.69, 9.17) is 10.5 Å². The van der Waals surface area contributed by atoms with E-state index in [1.54, 1.807) is 25.3 Å². The molecule has 0 aliphatic rings. The summed E-state index contributed by atoms with van der Waals surface area (Å²) < 4.78 is 18.6. The summed E-state index contributed by atoms with van der Waals surface area (Å²) in [5.41, 5.74) is 6.18. The maximum Gasteiger partial charge on any atom is 0.256 e. The van der Waals surface area contributed by atoms with Crippen LogP contribution in [0, 0.1) is 5.82 Å². The third kappa shape index (κ3) is 3.76. The van der Waals surface area contributed by atoms with E-state index in [0.29, 0.717) is 19.6 Å². The van der Waals surface area contributed by atoms with Crippen LogP contribution in [0.25, 0.3) is 11.4 Å². The molecule has 1 amide bonds. The Hall–Kier alpha value is -2.54. The summed E-state index contributed by atoms with van der Waals surface area (Å²) in [4.78, 5) is 20.0. The monoisotopic (exact) mass is 304 g/mol. The molecular weight excluding hydrogens is 287 g/mol. The van der Waals surface area contributed by atoms with Gasteiger partial charge in [0.05, 0.1) is 11.1 Å². The molecule has 1 aromatic heterocycles. The van der Waals surface area contributed by atoms with Crippen molar-refractivity contribution in [3.05, 3.63) is 41.8 Å². The van der Waals surface area contributed by atoms with Crippen LogP contribution in [-0.2, 0) is 4.74 Å². The minimum absolute atomic E-state index is 0.0116. The molecule has 0 aliphatic carbocycles. The Balaban J connectivity index is 2.13. The Morgan fingerprint density at radius 1 is 1.41 bits per heavy atom. The molecule has 6 nitrogen and oxygen atoms in total. The number of nitrogens with one attached hydrogen (secondary N) is 1. The first-order valence-electron chi connectivity index (χ1n) is 6.78. The molecule has 0 saturated carbocycles. The summed E-state index contributed by atoms with van der Waals surface area (Å²) >= 11 is 0. The molecule has 1 aromatic carbocycles. The van der Waals surface area contributed by atoms with Crippen molar-refractivity contribution in [2.45, 2.75) is 6.42 Å². The maximum atomic E-state index is 13.7. The maximum absolute atomic E-state index is 13.7. The molecule has 0 bridgehead atoms. The average Bonchev–Trinajstić information content (AvgIpc) is 2.51. The van der Waals surface area contributed by atoms with Crippen LogP contribution in [0.4, 0.5) is 10.2 Å². The highest BCUT2D eigenvalue weighted by molar-refractivity contribution is 5.98. The molecule has 116 valence electrons. The highest BCUT2D eigenvalue weighted by Gasteiger charge is 2.14. The minimum atomic E-state index is -0.446. The summed E-state index contributed by atoms with van der Waals surface area (Å²) in [7, 11) is 1.59. The van der Waals surface area contributed by atoms with Crippen LogP contribution in [0.15, 0.2) is 30.5 Å². The molecule has 0 atom stereocenters. The van der Waals surface area contributed by atoms with Gasteiger partial charge in [-0.2, -0.15) is 0 Å². The van der Waals surface area contributed by atoms with Crippen molar-refractivity contribution in [1.82, 2.24) is 15.3 Å². The fraction of sp³-hybridized carbons (Fsp3) is 0.267. The van der Waals surface area contributed by atoms with Crippen LogP contribution in [0.3, 0.4) is 0 Å². The van der Waals surface area contributed by atoms with Gasteiger partial charge in [0.2, 0.25) is 0 Å². The van der Waals surface area contributed by atoms with Crippen LogP contribution in [0.1, 0.15) is 16.8 Å². The van der Waals surface area contributed by atoms with Gasteiger partial charge in [-0.25, -0.2) is 14.4 Å². The number of carbonyl (C=O) groups excluding carboxylic acids is 1. The number of nitrogens with zero attached hydrogens (tertiary/aromatic N) is 2. The lowest BCUT2D eigenvalue weighted by atomic mass is 10.2. The number of rotatable bonds is 6. The Morgan fingerprint density at radius 2 is 2.18 bits per heavy atom. The molecule has 2 rings (SSSR count). The summed E-state index contributed by atoms with van der Waals surface area (Å²) in [6, 6.07) is 6.11. The van der Waals surface area contributed by atoms with E-state index >= 15 is 0 Å². The number of hydrogen-bond donors (Lipinski definition) is 2. The van der Waals surface area contributed by atoms with Gasteiger partial charge >= 0.3 is 0 Å². The fourth-order valence-electron chi connectivity index (χ4n) is 1.86. The minimum Gasteiger partial charge on any atom is -0.385 e. The SMILES string of the molecule is COCCCNC(=O)c1cnc(-c2ccccc2F)nc1N. The van der Waals surface area contributed by atoms with E-state index in [-0.39, 0.29) is 28.7 Å². The zero-order valence-electron chi connectivity index (χ0n) is 12.2. The van der Waals surface area contributed by atoms with Crippen molar-refractivity contribution >= 4 is 11.7 Å². The second-order valence-electron chi connectivity index (χ2n) is 4.57.